The standard InChI is InChI=1S/C18H30N2/c1-3-10-18(17-11-6-4-7-12-17)19-16(2)15-20-13-8-5-9-14-20/h4,6-7,11-12,16,18-19H,3,5,8-10,13-15H2,1-2H3. The number of hydrogen-bond donors (Lipinski definition) is 1. The van der Waals surface area contributed by atoms with Gasteiger partial charge in [0.25, 0.3) is 0 Å². The van der Waals surface area contributed by atoms with E-state index in [9.17, 15) is 0 Å². The van der Waals surface area contributed by atoms with Crippen LogP contribution in [0.5, 0.6) is 0 Å². The fraction of sp³-hybridized carbons (Fsp3) is 0.667. The number of piperidine rings is 1. The quantitative estimate of drug-likeness (QED) is 0.808. The summed E-state index contributed by atoms with van der Waals surface area (Å²) >= 11 is 0. The summed E-state index contributed by atoms with van der Waals surface area (Å²) in [6.07, 6.45) is 6.62. The Labute approximate surface area is 124 Å². The van der Waals surface area contributed by atoms with Crippen molar-refractivity contribution in [1.29, 1.82) is 0 Å². The van der Waals surface area contributed by atoms with E-state index in [0.29, 0.717) is 12.1 Å². The molecule has 2 nitrogen and oxygen atoms in total. The highest BCUT2D eigenvalue weighted by Gasteiger charge is 2.17. The van der Waals surface area contributed by atoms with Crippen LogP contribution in [0.3, 0.4) is 0 Å². The lowest BCUT2D eigenvalue weighted by Crippen LogP contribution is -2.42. The molecule has 2 unspecified atom stereocenters. The van der Waals surface area contributed by atoms with Crippen LogP contribution in [0.2, 0.25) is 0 Å². The molecule has 0 radical (unpaired) electrons. The van der Waals surface area contributed by atoms with Gasteiger partial charge in [-0.15, -0.1) is 0 Å². The first kappa shape index (κ1) is 15.5. The lowest BCUT2D eigenvalue weighted by molar-refractivity contribution is 0.203. The Morgan fingerprint density at radius 3 is 2.45 bits per heavy atom. The summed E-state index contributed by atoms with van der Waals surface area (Å²) in [5.74, 6) is 0. The monoisotopic (exact) mass is 274 g/mol. The third-order valence-electron chi connectivity index (χ3n) is 4.25. The Balaban J connectivity index is 1.87. The van der Waals surface area contributed by atoms with Gasteiger partial charge in [-0.2, -0.15) is 0 Å². The van der Waals surface area contributed by atoms with Gasteiger partial charge in [-0.25, -0.2) is 0 Å². The van der Waals surface area contributed by atoms with Crippen molar-refractivity contribution >= 4 is 0 Å². The third-order valence-corrected chi connectivity index (χ3v) is 4.25. The highest BCUT2D eigenvalue weighted by Crippen LogP contribution is 2.19. The molecule has 1 aromatic carbocycles. The van der Waals surface area contributed by atoms with E-state index in [4.69, 9.17) is 0 Å². The summed E-state index contributed by atoms with van der Waals surface area (Å²) < 4.78 is 0. The number of benzene rings is 1. The molecule has 0 aliphatic carbocycles. The predicted octanol–water partition coefficient (Wildman–Crippen LogP) is 3.99. The first-order valence-electron chi connectivity index (χ1n) is 8.33. The molecule has 2 atom stereocenters. The van der Waals surface area contributed by atoms with E-state index in [1.54, 1.807) is 0 Å². The second-order valence-electron chi connectivity index (χ2n) is 6.18. The number of nitrogens with zero attached hydrogens (tertiary/aromatic N) is 1. The van der Waals surface area contributed by atoms with Crippen LogP contribution in [0.1, 0.15) is 57.6 Å². The fourth-order valence-corrected chi connectivity index (χ4v) is 3.25. The Kier molecular flexibility index (Phi) is 6.55. The van der Waals surface area contributed by atoms with E-state index in [1.807, 2.05) is 0 Å². The van der Waals surface area contributed by atoms with E-state index in [2.05, 4.69) is 54.4 Å². The van der Waals surface area contributed by atoms with Crippen molar-refractivity contribution in [2.24, 2.45) is 0 Å². The third kappa shape index (κ3) is 4.92. The van der Waals surface area contributed by atoms with Crippen molar-refractivity contribution in [1.82, 2.24) is 10.2 Å². The number of hydrogen-bond acceptors (Lipinski definition) is 2. The second-order valence-corrected chi connectivity index (χ2v) is 6.18. The van der Waals surface area contributed by atoms with Crippen LogP contribution in [0, 0.1) is 0 Å². The highest BCUT2D eigenvalue weighted by molar-refractivity contribution is 5.18. The normalized spacial score (nSPS) is 19.7. The highest BCUT2D eigenvalue weighted by atomic mass is 15.2. The van der Waals surface area contributed by atoms with Crippen molar-refractivity contribution in [3.8, 4) is 0 Å². The summed E-state index contributed by atoms with van der Waals surface area (Å²) in [4.78, 5) is 2.62. The zero-order valence-electron chi connectivity index (χ0n) is 13.1. The first-order chi connectivity index (χ1) is 9.79. The molecule has 2 heteroatoms. The van der Waals surface area contributed by atoms with E-state index in [0.717, 1.165) is 0 Å². The van der Waals surface area contributed by atoms with Gasteiger partial charge in [-0.05, 0) is 44.8 Å². The van der Waals surface area contributed by atoms with Crippen LogP contribution in [0.15, 0.2) is 30.3 Å². The van der Waals surface area contributed by atoms with Crippen LogP contribution < -0.4 is 5.32 Å². The van der Waals surface area contributed by atoms with Crippen molar-refractivity contribution in [2.75, 3.05) is 19.6 Å². The van der Waals surface area contributed by atoms with E-state index in [-0.39, 0.29) is 0 Å². The molecular formula is C18H30N2. The van der Waals surface area contributed by atoms with Gasteiger partial charge in [-0.3, -0.25) is 0 Å². The smallest absolute Gasteiger partial charge is 0.0322 e. The summed E-state index contributed by atoms with van der Waals surface area (Å²) in [5.41, 5.74) is 1.43. The molecule has 1 aromatic rings. The molecule has 1 aliphatic rings. The van der Waals surface area contributed by atoms with Gasteiger partial charge in [0.05, 0.1) is 0 Å². The molecule has 20 heavy (non-hydrogen) atoms. The molecular weight excluding hydrogens is 244 g/mol. The number of nitrogens with one attached hydrogen (secondary N) is 1. The van der Waals surface area contributed by atoms with Gasteiger partial charge >= 0.3 is 0 Å². The van der Waals surface area contributed by atoms with E-state index in [1.165, 1.54) is 57.3 Å². The summed E-state index contributed by atoms with van der Waals surface area (Å²) in [7, 11) is 0. The van der Waals surface area contributed by atoms with Gasteiger partial charge in [0.2, 0.25) is 0 Å². The van der Waals surface area contributed by atoms with Gasteiger partial charge in [0, 0.05) is 18.6 Å². The predicted molar refractivity (Wildman–Crippen MR) is 87.0 cm³/mol. The molecule has 0 bridgehead atoms. The summed E-state index contributed by atoms with van der Waals surface area (Å²) in [6, 6.07) is 12.0. The van der Waals surface area contributed by atoms with Gasteiger partial charge in [0.15, 0.2) is 0 Å². The maximum absolute atomic E-state index is 3.84. The van der Waals surface area contributed by atoms with E-state index >= 15 is 0 Å². The summed E-state index contributed by atoms with van der Waals surface area (Å²) in [5, 5.41) is 3.84. The first-order valence-corrected chi connectivity index (χ1v) is 8.33. The minimum atomic E-state index is 0.501. The molecule has 1 aliphatic heterocycles. The minimum Gasteiger partial charge on any atom is -0.306 e. The van der Waals surface area contributed by atoms with Crippen molar-refractivity contribution < 1.29 is 0 Å². The van der Waals surface area contributed by atoms with E-state index < -0.39 is 0 Å². The molecule has 0 saturated carbocycles. The van der Waals surface area contributed by atoms with Crippen LogP contribution in [-0.4, -0.2) is 30.6 Å². The molecule has 0 spiro atoms. The lowest BCUT2D eigenvalue weighted by atomic mass is 10.0. The molecule has 0 aromatic heterocycles. The topological polar surface area (TPSA) is 15.3 Å². The van der Waals surface area contributed by atoms with Crippen LogP contribution in [0.25, 0.3) is 0 Å². The lowest BCUT2D eigenvalue weighted by Gasteiger charge is -2.31. The number of rotatable bonds is 7. The molecule has 112 valence electrons. The molecule has 1 heterocycles. The Bertz CT molecular complexity index is 357. The minimum absolute atomic E-state index is 0.501. The fourth-order valence-electron chi connectivity index (χ4n) is 3.25. The average molecular weight is 274 g/mol. The molecule has 1 saturated heterocycles. The van der Waals surface area contributed by atoms with Crippen LogP contribution in [-0.2, 0) is 0 Å². The Hall–Kier alpha value is -0.860. The zero-order chi connectivity index (χ0) is 14.2. The second kappa shape index (κ2) is 8.43. The molecule has 1 N–H and O–H groups in total. The molecule has 2 rings (SSSR count). The van der Waals surface area contributed by atoms with Crippen molar-refractivity contribution in [2.45, 2.75) is 58.0 Å². The SMILES string of the molecule is CCCC(NC(C)CN1CCCCC1)c1ccccc1. The maximum Gasteiger partial charge on any atom is 0.0322 e. The Morgan fingerprint density at radius 2 is 1.80 bits per heavy atom. The van der Waals surface area contributed by atoms with Crippen molar-refractivity contribution in [3.05, 3.63) is 35.9 Å². The van der Waals surface area contributed by atoms with Crippen LogP contribution >= 0.6 is 0 Å². The Morgan fingerprint density at radius 1 is 1.10 bits per heavy atom. The van der Waals surface area contributed by atoms with Gasteiger partial charge < -0.3 is 10.2 Å². The van der Waals surface area contributed by atoms with Crippen molar-refractivity contribution in [3.63, 3.8) is 0 Å². The average Bonchev–Trinajstić information content (AvgIpc) is 2.49. The van der Waals surface area contributed by atoms with Gasteiger partial charge in [-0.1, -0.05) is 50.1 Å². The summed E-state index contributed by atoms with van der Waals surface area (Å²) in [6.45, 7) is 8.37. The number of likely N-dealkylation sites (tertiary alicyclic amines) is 1. The molecule has 1 fully saturated rings. The molecule has 0 amide bonds. The van der Waals surface area contributed by atoms with Crippen LogP contribution in [0.4, 0.5) is 0 Å². The van der Waals surface area contributed by atoms with Gasteiger partial charge in [0.1, 0.15) is 0 Å². The maximum atomic E-state index is 3.84. The largest absolute Gasteiger partial charge is 0.306 e. The zero-order valence-corrected chi connectivity index (χ0v) is 13.1.